The monoisotopic (exact) mass is 291 g/mol. The average Bonchev–Trinajstić information content (AvgIpc) is 2.46. The Hall–Kier alpha value is -1.94. The molecule has 0 atom stereocenters. The zero-order valence-corrected chi connectivity index (χ0v) is 12.6. The van der Waals surface area contributed by atoms with E-state index in [4.69, 9.17) is 16.3 Å². The van der Waals surface area contributed by atoms with E-state index in [0.717, 1.165) is 22.8 Å². The summed E-state index contributed by atoms with van der Waals surface area (Å²) >= 11 is 6.23. The van der Waals surface area contributed by atoms with Gasteiger partial charge in [0.15, 0.2) is 5.82 Å². The van der Waals surface area contributed by atoms with Crippen molar-refractivity contribution >= 4 is 23.1 Å². The molecule has 1 aromatic carbocycles. The predicted molar refractivity (Wildman–Crippen MR) is 83.9 cm³/mol. The van der Waals surface area contributed by atoms with Crippen LogP contribution in [0.15, 0.2) is 36.5 Å². The third-order valence-electron chi connectivity index (χ3n) is 2.96. The van der Waals surface area contributed by atoms with E-state index in [0.29, 0.717) is 11.6 Å². The Balaban J connectivity index is 2.21. The molecule has 0 unspecified atom stereocenters. The van der Waals surface area contributed by atoms with Gasteiger partial charge >= 0.3 is 0 Å². The van der Waals surface area contributed by atoms with Gasteiger partial charge in [0.05, 0.1) is 12.8 Å². The van der Waals surface area contributed by atoms with Gasteiger partial charge in [0, 0.05) is 37.4 Å². The van der Waals surface area contributed by atoms with Gasteiger partial charge in [-0.25, -0.2) is 4.98 Å². The molecule has 5 heteroatoms. The van der Waals surface area contributed by atoms with Crippen LogP contribution in [0.25, 0.3) is 0 Å². The number of benzene rings is 1. The maximum absolute atomic E-state index is 6.23. The Morgan fingerprint density at radius 2 is 2.05 bits per heavy atom. The van der Waals surface area contributed by atoms with E-state index < -0.39 is 0 Å². The molecule has 0 fully saturated rings. The molecule has 1 N–H and O–H groups in total. The minimum atomic E-state index is 0.579. The Morgan fingerprint density at radius 3 is 2.75 bits per heavy atom. The summed E-state index contributed by atoms with van der Waals surface area (Å²) in [4.78, 5) is 6.32. The van der Waals surface area contributed by atoms with E-state index in [-0.39, 0.29) is 0 Å². The van der Waals surface area contributed by atoms with Crippen LogP contribution in [0, 0.1) is 0 Å². The molecule has 20 heavy (non-hydrogen) atoms. The zero-order valence-electron chi connectivity index (χ0n) is 11.9. The summed E-state index contributed by atoms with van der Waals surface area (Å²) in [6.07, 6.45) is 1.77. The lowest BCUT2D eigenvalue weighted by Gasteiger charge is -2.18. The number of anilines is 2. The summed E-state index contributed by atoms with van der Waals surface area (Å²) in [6, 6.07) is 9.53. The van der Waals surface area contributed by atoms with Gasteiger partial charge in [0.2, 0.25) is 0 Å². The number of hydrogen-bond donors (Lipinski definition) is 1. The van der Waals surface area contributed by atoms with Crippen LogP contribution in [0.5, 0.6) is 5.75 Å². The molecule has 0 saturated carbocycles. The second-order valence-electron chi connectivity index (χ2n) is 4.54. The number of rotatable bonds is 5. The van der Waals surface area contributed by atoms with Crippen molar-refractivity contribution in [3.63, 3.8) is 0 Å². The van der Waals surface area contributed by atoms with E-state index in [1.807, 2.05) is 49.3 Å². The second-order valence-corrected chi connectivity index (χ2v) is 4.95. The summed E-state index contributed by atoms with van der Waals surface area (Å²) in [5.74, 6) is 1.67. The first-order valence-corrected chi connectivity index (χ1v) is 6.69. The largest absolute Gasteiger partial charge is 0.496 e. The molecule has 0 saturated heterocycles. The second kappa shape index (κ2) is 6.48. The van der Waals surface area contributed by atoms with Crippen LogP contribution in [-0.4, -0.2) is 26.2 Å². The number of hydrogen-bond acceptors (Lipinski definition) is 4. The predicted octanol–water partition coefficient (Wildman–Crippen LogP) is 3.42. The highest BCUT2D eigenvalue weighted by Gasteiger charge is 2.09. The number of ether oxygens (including phenoxy) is 1. The SMILES string of the molecule is COc1cccc(Cl)c1CNc1cccnc1N(C)C. The molecule has 2 aromatic rings. The summed E-state index contributed by atoms with van der Waals surface area (Å²) in [5, 5.41) is 4.04. The standard InChI is InChI=1S/C15H18ClN3O/c1-19(2)15-13(7-5-9-17-15)18-10-11-12(16)6-4-8-14(11)20-3/h4-9,18H,10H2,1-3H3. The Bertz CT molecular complexity index is 587. The van der Waals surface area contributed by atoms with Gasteiger partial charge in [-0.3, -0.25) is 0 Å². The van der Waals surface area contributed by atoms with E-state index in [1.165, 1.54) is 0 Å². The molecule has 1 heterocycles. The first-order chi connectivity index (χ1) is 9.63. The molecular weight excluding hydrogens is 274 g/mol. The van der Waals surface area contributed by atoms with Crippen molar-refractivity contribution in [1.82, 2.24) is 4.98 Å². The number of methoxy groups -OCH3 is 1. The maximum atomic E-state index is 6.23. The van der Waals surface area contributed by atoms with Gasteiger partial charge in [-0.05, 0) is 24.3 Å². The third-order valence-corrected chi connectivity index (χ3v) is 3.32. The highest BCUT2D eigenvalue weighted by atomic mass is 35.5. The molecular formula is C15H18ClN3O. The normalized spacial score (nSPS) is 10.2. The van der Waals surface area contributed by atoms with Crippen molar-refractivity contribution in [1.29, 1.82) is 0 Å². The van der Waals surface area contributed by atoms with Crippen molar-refractivity contribution in [3.05, 3.63) is 47.1 Å². The third kappa shape index (κ3) is 3.14. The Kier molecular flexibility index (Phi) is 4.69. The van der Waals surface area contributed by atoms with Crippen molar-refractivity contribution in [2.75, 3.05) is 31.4 Å². The lowest BCUT2D eigenvalue weighted by Crippen LogP contribution is -2.14. The van der Waals surface area contributed by atoms with E-state index in [9.17, 15) is 0 Å². The number of aromatic nitrogens is 1. The van der Waals surface area contributed by atoms with Gasteiger partial charge in [0.25, 0.3) is 0 Å². The minimum Gasteiger partial charge on any atom is -0.496 e. The highest BCUT2D eigenvalue weighted by molar-refractivity contribution is 6.31. The van der Waals surface area contributed by atoms with Crippen molar-refractivity contribution < 1.29 is 4.74 Å². The van der Waals surface area contributed by atoms with E-state index in [2.05, 4.69) is 10.3 Å². The number of nitrogens with one attached hydrogen (secondary N) is 1. The highest BCUT2D eigenvalue weighted by Crippen LogP contribution is 2.28. The van der Waals surface area contributed by atoms with Gasteiger partial charge in [-0.15, -0.1) is 0 Å². The lowest BCUT2D eigenvalue weighted by molar-refractivity contribution is 0.410. The van der Waals surface area contributed by atoms with Crippen LogP contribution >= 0.6 is 11.6 Å². The van der Waals surface area contributed by atoms with Crippen LogP contribution in [0.3, 0.4) is 0 Å². The smallest absolute Gasteiger partial charge is 0.151 e. The molecule has 106 valence electrons. The van der Waals surface area contributed by atoms with E-state index >= 15 is 0 Å². The molecule has 0 aliphatic carbocycles. The fourth-order valence-corrected chi connectivity index (χ4v) is 2.21. The molecule has 0 aliphatic rings. The van der Waals surface area contributed by atoms with E-state index in [1.54, 1.807) is 13.3 Å². The minimum absolute atomic E-state index is 0.579. The number of pyridine rings is 1. The first kappa shape index (κ1) is 14.5. The van der Waals surface area contributed by atoms with Crippen molar-refractivity contribution in [3.8, 4) is 5.75 Å². The quantitative estimate of drug-likeness (QED) is 0.916. The molecule has 0 amide bonds. The molecule has 1 aromatic heterocycles. The molecule has 2 rings (SSSR count). The van der Waals surface area contributed by atoms with Crippen LogP contribution in [0.1, 0.15) is 5.56 Å². The molecule has 0 radical (unpaired) electrons. The summed E-state index contributed by atoms with van der Waals surface area (Å²) in [7, 11) is 5.57. The maximum Gasteiger partial charge on any atom is 0.151 e. The van der Waals surface area contributed by atoms with Crippen LogP contribution < -0.4 is 15.0 Å². The lowest BCUT2D eigenvalue weighted by atomic mass is 10.2. The summed E-state index contributed by atoms with van der Waals surface area (Å²) < 4.78 is 5.34. The molecule has 0 bridgehead atoms. The van der Waals surface area contributed by atoms with Crippen molar-refractivity contribution in [2.24, 2.45) is 0 Å². The summed E-state index contributed by atoms with van der Waals surface area (Å²) in [6.45, 7) is 0.579. The summed E-state index contributed by atoms with van der Waals surface area (Å²) in [5.41, 5.74) is 1.89. The fraction of sp³-hybridized carbons (Fsp3) is 0.267. The van der Waals surface area contributed by atoms with Gasteiger partial charge < -0.3 is 15.0 Å². The Labute approximate surface area is 124 Å². The number of nitrogens with zero attached hydrogens (tertiary/aromatic N) is 2. The number of halogens is 1. The first-order valence-electron chi connectivity index (χ1n) is 6.31. The molecule has 4 nitrogen and oxygen atoms in total. The Morgan fingerprint density at radius 1 is 1.25 bits per heavy atom. The van der Waals surface area contributed by atoms with Gasteiger partial charge in [0.1, 0.15) is 5.75 Å². The van der Waals surface area contributed by atoms with Crippen LogP contribution in [0.4, 0.5) is 11.5 Å². The van der Waals surface area contributed by atoms with Crippen molar-refractivity contribution in [2.45, 2.75) is 6.54 Å². The van der Waals surface area contributed by atoms with Crippen LogP contribution in [-0.2, 0) is 6.54 Å². The zero-order chi connectivity index (χ0) is 14.5. The topological polar surface area (TPSA) is 37.4 Å². The van der Waals surface area contributed by atoms with Crippen LogP contribution in [0.2, 0.25) is 5.02 Å². The molecule has 0 aliphatic heterocycles. The van der Waals surface area contributed by atoms with Gasteiger partial charge in [-0.1, -0.05) is 17.7 Å². The average molecular weight is 292 g/mol. The fourth-order valence-electron chi connectivity index (χ4n) is 1.98. The van der Waals surface area contributed by atoms with Gasteiger partial charge in [-0.2, -0.15) is 0 Å². The molecule has 0 spiro atoms.